The van der Waals surface area contributed by atoms with E-state index in [1.54, 1.807) is 6.07 Å². The molecule has 0 radical (unpaired) electrons. The molecule has 0 aliphatic rings. The van der Waals surface area contributed by atoms with Gasteiger partial charge in [0.15, 0.2) is 0 Å². The minimum Gasteiger partial charge on any atom is -0.258 e. The first-order chi connectivity index (χ1) is 5.15. The molecular formula is C5H4BrNO2S2. The van der Waals surface area contributed by atoms with Gasteiger partial charge in [-0.2, -0.15) is 12.6 Å². The summed E-state index contributed by atoms with van der Waals surface area (Å²) in [5.41, 5.74) is 0. The minimum absolute atomic E-state index is 0.147. The predicted octanol–water partition coefficient (Wildman–Crippen LogP) is 2.85. The Morgan fingerprint density at radius 1 is 1.82 bits per heavy atom. The molecule has 1 rings (SSSR count). The van der Waals surface area contributed by atoms with Crippen LogP contribution in [0.25, 0.3) is 0 Å². The maximum Gasteiger partial charge on any atom is 0.338 e. The average molecular weight is 254 g/mol. The molecule has 6 heteroatoms. The Labute approximate surface area is 81.1 Å². The van der Waals surface area contributed by atoms with Crippen LogP contribution in [-0.4, -0.2) is 4.92 Å². The molecule has 3 nitrogen and oxygen atoms in total. The van der Waals surface area contributed by atoms with Crippen LogP contribution < -0.4 is 0 Å². The van der Waals surface area contributed by atoms with Crippen molar-refractivity contribution < 1.29 is 4.92 Å². The van der Waals surface area contributed by atoms with Crippen LogP contribution in [0, 0.1) is 10.1 Å². The van der Waals surface area contributed by atoms with Gasteiger partial charge in [-0.25, -0.2) is 0 Å². The number of halogens is 1. The summed E-state index contributed by atoms with van der Waals surface area (Å²) in [4.78, 5) is 10.8. The van der Waals surface area contributed by atoms with Gasteiger partial charge in [-0.05, 0) is 22.0 Å². The van der Waals surface area contributed by atoms with Crippen molar-refractivity contribution in [2.24, 2.45) is 0 Å². The van der Waals surface area contributed by atoms with Crippen LogP contribution in [0.3, 0.4) is 0 Å². The normalized spacial score (nSPS) is 10.0. The van der Waals surface area contributed by atoms with Gasteiger partial charge in [0.1, 0.15) is 4.47 Å². The number of rotatable bonds is 2. The zero-order valence-electron chi connectivity index (χ0n) is 5.28. The Hall–Kier alpha value is -0.0700. The molecule has 0 unspecified atom stereocenters. The van der Waals surface area contributed by atoms with E-state index in [2.05, 4.69) is 28.6 Å². The minimum atomic E-state index is -0.401. The first-order valence-corrected chi connectivity index (χ1v) is 4.93. The van der Waals surface area contributed by atoms with E-state index in [0.717, 1.165) is 16.2 Å². The molecule has 0 saturated carbocycles. The monoisotopic (exact) mass is 253 g/mol. The average Bonchev–Trinajstić information content (AvgIpc) is 2.30. The third kappa shape index (κ3) is 1.94. The molecule has 0 aromatic carbocycles. The fourth-order valence-electron chi connectivity index (χ4n) is 0.608. The Balaban J connectivity index is 3.07. The van der Waals surface area contributed by atoms with Crippen LogP contribution in [0.2, 0.25) is 0 Å². The molecule has 0 amide bonds. The highest BCUT2D eigenvalue weighted by atomic mass is 79.9. The molecule has 60 valence electrons. The summed E-state index contributed by atoms with van der Waals surface area (Å²) in [5, 5.41) is 10.5. The van der Waals surface area contributed by atoms with Crippen molar-refractivity contribution in [2.45, 2.75) is 5.75 Å². The van der Waals surface area contributed by atoms with Gasteiger partial charge in [-0.1, -0.05) is 11.3 Å². The quantitative estimate of drug-likeness (QED) is 0.501. The van der Waals surface area contributed by atoms with E-state index < -0.39 is 4.92 Å². The first kappa shape index (κ1) is 9.02. The molecule has 0 fully saturated rings. The highest BCUT2D eigenvalue weighted by Crippen LogP contribution is 2.34. The van der Waals surface area contributed by atoms with Gasteiger partial charge in [0.2, 0.25) is 0 Å². The summed E-state index contributed by atoms with van der Waals surface area (Å²) in [6.45, 7) is 0. The molecule has 1 heterocycles. The smallest absolute Gasteiger partial charge is 0.258 e. The zero-order chi connectivity index (χ0) is 8.43. The van der Waals surface area contributed by atoms with Crippen molar-refractivity contribution in [2.75, 3.05) is 0 Å². The second kappa shape index (κ2) is 3.55. The van der Waals surface area contributed by atoms with Crippen LogP contribution in [0.5, 0.6) is 0 Å². The van der Waals surface area contributed by atoms with Gasteiger partial charge in [0.05, 0.1) is 4.92 Å². The van der Waals surface area contributed by atoms with Crippen molar-refractivity contribution in [3.8, 4) is 0 Å². The summed E-state index contributed by atoms with van der Waals surface area (Å²) < 4.78 is 0.538. The van der Waals surface area contributed by atoms with E-state index in [9.17, 15) is 10.1 Å². The Bertz CT molecular complexity index is 286. The summed E-state index contributed by atoms with van der Waals surface area (Å²) >= 11 is 8.24. The number of hydrogen-bond donors (Lipinski definition) is 1. The van der Waals surface area contributed by atoms with Crippen LogP contribution >= 0.6 is 39.9 Å². The fraction of sp³-hybridized carbons (Fsp3) is 0.200. The third-order valence-corrected chi connectivity index (χ3v) is 3.55. The summed E-state index contributed by atoms with van der Waals surface area (Å²) in [7, 11) is 0. The van der Waals surface area contributed by atoms with Gasteiger partial charge in [-0.3, -0.25) is 10.1 Å². The van der Waals surface area contributed by atoms with Gasteiger partial charge < -0.3 is 0 Å². The molecule has 0 spiro atoms. The molecule has 0 aliphatic carbocycles. The number of thiophene rings is 1. The van der Waals surface area contributed by atoms with E-state index in [-0.39, 0.29) is 5.00 Å². The fourth-order valence-corrected chi connectivity index (χ4v) is 2.43. The molecule has 1 aromatic heterocycles. The second-order valence-corrected chi connectivity index (χ2v) is 4.07. The lowest BCUT2D eigenvalue weighted by atomic mass is 10.5. The summed E-state index contributed by atoms with van der Waals surface area (Å²) in [6, 6.07) is 1.72. The van der Waals surface area contributed by atoms with E-state index in [1.165, 1.54) is 0 Å². The van der Waals surface area contributed by atoms with Crippen molar-refractivity contribution in [3.63, 3.8) is 0 Å². The molecule has 0 saturated heterocycles. The topological polar surface area (TPSA) is 43.1 Å². The molecule has 0 atom stereocenters. The van der Waals surface area contributed by atoms with E-state index in [4.69, 9.17) is 0 Å². The van der Waals surface area contributed by atoms with Crippen molar-refractivity contribution >= 4 is 44.9 Å². The lowest BCUT2D eigenvalue weighted by Gasteiger charge is -1.82. The van der Waals surface area contributed by atoms with Crippen LogP contribution in [0.15, 0.2) is 10.5 Å². The number of nitro groups is 1. The highest BCUT2D eigenvalue weighted by Gasteiger charge is 2.15. The lowest BCUT2D eigenvalue weighted by Crippen LogP contribution is -1.82. The van der Waals surface area contributed by atoms with Crippen molar-refractivity contribution in [1.29, 1.82) is 0 Å². The van der Waals surface area contributed by atoms with Crippen molar-refractivity contribution in [1.82, 2.24) is 0 Å². The van der Waals surface area contributed by atoms with Crippen molar-refractivity contribution in [3.05, 3.63) is 25.5 Å². The maximum atomic E-state index is 10.3. The number of nitrogens with zero attached hydrogens (tertiary/aromatic N) is 1. The molecule has 0 aliphatic heterocycles. The van der Waals surface area contributed by atoms with Crippen LogP contribution in [-0.2, 0) is 5.75 Å². The van der Waals surface area contributed by atoms with Gasteiger partial charge in [0, 0.05) is 10.6 Å². The van der Waals surface area contributed by atoms with E-state index in [0.29, 0.717) is 10.2 Å². The highest BCUT2D eigenvalue weighted by molar-refractivity contribution is 9.10. The number of hydrogen-bond acceptors (Lipinski definition) is 4. The molecular weight excluding hydrogens is 250 g/mol. The third-order valence-electron chi connectivity index (χ3n) is 1.04. The van der Waals surface area contributed by atoms with Gasteiger partial charge in [-0.15, -0.1) is 0 Å². The Morgan fingerprint density at radius 3 is 2.73 bits per heavy atom. The Morgan fingerprint density at radius 2 is 2.45 bits per heavy atom. The number of thiol groups is 1. The lowest BCUT2D eigenvalue weighted by molar-refractivity contribution is -0.380. The predicted molar refractivity (Wildman–Crippen MR) is 51.4 cm³/mol. The standard InChI is InChI=1S/C5H4BrNO2S2/c6-4-1-3(2-10)11-5(4)7(8)9/h1,10H,2H2. The molecule has 1 aromatic rings. The molecule has 11 heavy (non-hydrogen) atoms. The molecule has 0 bridgehead atoms. The van der Waals surface area contributed by atoms with E-state index >= 15 is 0 Å². The SMILES string of the molecule is O=[N+]([O-])c1sc(CS)cc1Br. The van der Waals surface area contributed by atoms with Gasteiger partial charge >= 0.3 is 5.00 Å². The first-order valence-electron chi connectivity index (χ1n) is 2.68. The summed E-state index contributed by atoms with van der Waals surface area (Å²) in [5.74, 6) is 0.539. The largest absolute Gasteiger partial charge is 0.338 e. The second-order valence-electron chi connectivity index (χ2n) is 1.78. The zero-order valence-corrected chi connectivity index (χ0v) is 8.58. The van der Waals surface area contributed by atoms with Gasteiger partial charge in [0.25, 0.3) is 0 Å². The van der Waals surface area contributed by atoms with Crippen LogP contribution in [0.1, 0.15) is 4.88 Å². The maximum absolute atomic E-state index is 10.3. The Kier molecular flexibility index (Phi) is 2.91. The molecule has 0 N–H and O–H groups in total. The summed E-state index contributed by atoms with van der Waals surface area (Å²) in [6.07, 6.45) is 0. The van der Waals surface area contributed by atoms with Crippen LogP contribution in [0.4, 0.5) is 5.00 Å². The van der Waals surface area contributed by atoms with E-state index in [1.807, 2.05) is 0 Å².